The second-order valence-corrected chi connectivity index (χ2v) is 9.10. The Morgan fingerprint density at radius 3 is 2.36 bits per heavy atom. The standard InChI is InChI=1S/C26H22ClF2N3O4/c1-14-3-5-16(6-4-14)20-11-19(31-32(20)25(36)26(28,29)12-21(33)34)23-22(15(2)13-30-24(23)35)17-7-9-18(27)10-8-17/h3-10,13,20H,11-12H2,1-2H3,(H,30,35)(H,33,34)/t20-/m1/s1. The molecule has 7 nitrogen and oxygen atoms in total. The Bertz CT molecular complexity index is 1420. The van der Waals surface area contributed by atoms with Crippen molar-refractivity contribution >= 4 is 29.2 Å². The summed E-state index contributed by atoms with van der Waals surface area (Å²) >= 11 is 6.02. The molecule has 1 aliphatic heterocycles. The molecule has 2 heterocycles. The van der Waals surface area contributed by atoms with Crippen molar-refractivity contribution in [3.8, 4) is 11.1 Å². The Balaban J connectivity index is 1.87. The molecule has 0 unspecified atom stereocenters. The molecule has 0 spiro atoms. The number of halogens is 3. The Hall–Kier alpha value is -3.85. The molecule has 1 aliphatic rings. The molecular formula is C26H22ClF2N3O4. The number of carboxylic acids is 1. The van der Waals surface area contributed by atoms with Crippen molar-refractivity contribution in [2.24, 2.45) is 5.10 Å². The van der Waals surface area contributed by atoms with Gasteiger partial charge in [-0.25, -0.2) is 5.01 Å². The highest BCUT2D eigenvalue weighted by Crippen LogP contribution is 2.38. The van der Waals surface area contributed by atoms with Crippen molar-refractivity contribution in [3.63, 3.8) is 0 Å². The molecule has 1 amide bonds. The SMILES string of the molecule is Cc1ccc([C@H]2CC(c3c(-c4ccc(Cl)cc4)c(C)c[nH]c3=O)=NN2C(=O)C(F)(F)CC(=O)O)cc1. The fourth-order valence-corrected chi connectivity index (χ4v) is 4.35. The smallest absolute Gasteiger partial charge is 0.337 e. The van der Waals surface area contributed by atoms with Gasteiger partial charge in [-0.05, 0) is 42.7 Å². The number of hydrogen-bond acceptors (Lipinski definition) is 4. The van der Waals surface area contributed by atoms with E-state index in [1.165, 1.54) is 6.20 Å². The fourth-order valence-electron chi connectivity index (χ4n) is 4.22. The molecule has 2 N–H and O–H groups in total. The van der Waals surface area contributed by atoms with E-state index in [0.717, 1.165) is 5.56 Å². The zero-order valence-corrected chi connectivity index (χ0v) is 20.1. The van der Waals surface area contributed by atoms with Gasteiger partial charge in [-0.3, -0.25) is 14.4 Å². The van der Waals surface area contributed by atoms with Gasteiger partial charge in [0.2, 0.25) is 0 Å². The first kappa shape index (κ1) is 25.2. The van der Waals surface area contributed by atoms with E-state index in [-0.39, 0.29) is 17.7 Å². The third-order valence-corrected chi connectivity index (χ3v) is 6.23. The second-order valence-electron chi connectivity index (χ2n) is 8.66. The van der Waals surface area contributed by atoms with E-state index >= 15 is 0 Å². The van der Waals surface area contributed by atoms with Gasteiger partial charge in [0.25, 0.3) is 5.56 Å². The minimum atomic E-state index is -4.19. The average Bonchev–Trinajstić information content (AvgIpc) is 3.25. The average molecular weight is 514 g/mol. The zero-order chi connectivity index (χ0) is 26.2. The number of H-pyrrole nitrogens is 1. The highest BCUT2D eigenvalue weighted by Gasteiger charge is 2.48. The molecule has 0 saturated heterocycles. The minimum Gasteiger partial charge on any atom is -0.481 e. The third kappa shape index (κ3) is 4.92. The predicted molar refractivity (Wildman–Crippen MR) is 131 cm³/mol. The Kier molecular flexibility index (Phi) is 6.77. The summed E-state index contributed by atoms with van der Waals surface area (Å²) in [7, 11) is 0. The van der Waals surface area contributed by atoms with Crippen LogP contribution in [0.3, 0.4) is 0 Å². The number of benzene rings is 2. The van der Waals surface area contributed by atoms with Crippen molar-refractivity contribution in [2.45, 2.75) is 38.7 Å². The molecule has 186 valence electrons. The lowest BCUT2D eigenvalue weighted by Crippen LogP contribution is -2.42. The summed E-state index contributed by atoms with van der Waals surface area (Å²) in [5.74, 6) is -7.75. The van der Waals surface area contributed by atoms with Gasteiger partial charge in [0, 0.05) is 23.2 Å². The molecule has 0 fully saturated rings. The van der Waals surface area contributed by atoms with Crippen LogP contribution >= 0.6 is 11.6 Å². The molecule has 0 bridgehead atoms. The van der Waals surface area contributed by atoms with Crippen LogP contribution in [0.2, 0.25) is 5.02 Å². The highest BCUT2D eigenvalue weighted by atomic mass is 35.5. The number of nitrogens with zero attached hydrogens (tertiary/aromatic N) is 2. The number of pyridine rings is 1. The van der Waals surface area contributed by atoms with Crippen molar-refractivity contribution in [1.82, 2.24) is 9.99 Å². The summed E-state index contributed by atoms with van der Waals surface area (Å²) in [5, 5.41) is 14.2. The van der Waals surface area contributed by atoms with Crippen LogP contribution in [0, 0.1) is 13.8 Å². The van der Waals surface area contributed by atoms with Crippen LogP contribution in [-0.4, -0.2) is 38.6 Å². The van der Waals surface area contributed by atoms with E-state index in [1.807, 2.05) is 6.92 Å². The van der Waals surface area contributed by atoms with E-state index in [9.17, 15) is 23.2 Å². The number of nitrogens with one attached hydrogen (secondary N) is 1. The molecule has 2 aromatic carbocycles. The van der Waals surface area contributed by atoms with Gasteiger partial charge in [0.1, 0.15) is 6.42 Å². The lowest BCUT2D eigenvalue weighted by atomic mass is 9.91. The molecule has 0 saturated carbocycles. The van der Waals surface area contributed by atoms with Crippen LogP contribution in [0.15, 0.2) is 64.6 Å². The number of aliphatic carboxylic acids is 1. The van der Waals surface area contributed by atoms with Crippen molar-refractivity contribution in [1.29, 1.82) is 0 Å². The number of hydrazone groups is 1. The molecule has 3 aromatic rings. The third-order valence-electron chi connectivity index (χ3n) is 5.98. The molecule has 0 aliphatic carbocycles. The number of alkyl halides is 2. The number of amides is 1. The number of aromatic amines is 1. The van der Waals surface area contributed by atoms with E-state index < -0.39 is 35.8 Å². The van der Waals surface area contributed by atoms with Crippen molar-refractivity contribution in [3.05, 3.63) is 92.4 Å². The van der Waals surface area contributed by atoms with Crippen molar-refractivity contribution in [2.75, 3.05) is 0 Å². The molecule has 36 heavy (non-hydrogen) atoms. The topological polar surface area (TPSA) is 103 Å². The molecule has 1 atom stereocenters. The van der Waals surface area contributed by atoms with Crippen LogP contribution in [0.5, 0.6) is 0 Å². The van der Waals surface area contributed by atoms with Gasteiger partial charge in [0.15, 0.2) is 0 Å². The molecule has 4 rings (SSSR count). The second kappa shape index (κ2) is 9.66. The van der Waals surface area contributed by atoms with Gasteiger partial charge < -0.3 is 10.1 Å². The van der Waals surface area contributed by atoms with E-state index in [2.05, 4.69) is 10.1 Å². The molecule has 1 aromatic heterocycles. The van der Waals surface area contributed by atoms with Gasteiger partial charge in [-0.2, -0.15) is 13.9 Å². The van der Waals surface area contributed by atoms with Crippen LogP contribution in [-0.2, 0) is 9.59 Å². The maximum Gasteiger partial charge on any atom is 0.337 e. The maximum absolute atomic E-state index is 14.6. The zero-order valence-electron chi connectivity index (χ0n) is 19.4. The first-order valence-electron chi connectivity index (χ1n) is 11.0. The van der Waals surface area contributed by atoms with Crippen LogP contribution in [0.4, 0.5) is 8.78 Å². The van der Waals surface area contributed by atoms with Crippen LogP contribution in [0.25, 0.3) is 11.1 Å². The Morgan fingerprint density at radius 2 is 1.75 bits per heavy atom. The first-order chi connectivity index (χ1) is 17.0. The Labute approximate surface area is 210 Å². The maximum atomic E-state index is 14.6. The lowest BCUT2D eigenvalue weighted by Gasteiger charge is -2.25. The van der Waals surface area contributed by atoms with Crippen molar-refractivity contribution < 1.29 is 23.5 Å². The number of hydrogen-bond donors (Lipinski definition) is 2. The molecule has 0 radical (unpaired) electrons. The number of carboxylic acid groups (broad SMARTS) is 1. The molecular weight excluding hydrogens is 492 g/mol. The lowest BCUT2D eigenvalue weighted by molar-refractivity contribution is -0.167. The van der Waals surface area contributed by atoms with Crippen LogP contribution < -0.4 is 5.56 Å². The van der Waals surface area contributed by atoms with E-state index in [0.29, 0.717) is 32.3 Å². The van der Waals surface area contributed by atoms with Gasteiger partial charge in [0.05, 0.1) is 17.3 Å². The number of aromatic nitrogens is 1. The number of carbonyl (C=O) groups excluding carboxylic acids is 1. The number of rotatable bonds is 6. The highest BCUT2D eigenvalue weighted by molar-refractivity contribution is 6.30. The van der Waals surface area contributed by atoms with Gasteiger partial charge in [-0.15, -0.1) is 0 Å². The predicted octanol–water partition coefficient (Wildman–Crippen LogP) is 5.10. The summed E-state index contributed by atoms with van der Waals surface area (Å²) in [6.07, 6.45) is -0.160. The fraction of sp³-hybridized carbons (Fsp3) is 0.231. The van der Waals surface area contributed by atoms with Gasteiger partial charge >= 0.3 is 17.8 Å². The Morgan fingerprint density at radius 1 is 1.11 bits per heavy atom. The number of aryl methyl sites for hydroxylation is 2. The summed E-state index contributed by atoms with van der Waals surface area (Å²) in [6, 6.07) is 12.7. The normalized spacial score (nSPS) is 15.6. The minimum absolute atomic E-state index is 0.0227. The van der Waals surface area contributed by atoms with E-state index in [4.69, 9.17) is 16.7 Å². The van der Waals surface area contributed by atoms with Gasteiger partial charge in [-0.1, -0.05) is 53.6 Å². The monoisotopic (exact) mass is 513 g/mol. The summed E-state index contributed by atoms with van der Waals surface area (Å²) in [4.78, 5) is 39.5. The first-order valence-corrected chi connectivity index (χ1v) is 11.4. The largest absolute Gasteiger partial charge is 0.481 e. The summed E-state index contributed by atoms with van der Waals surface area (Å²) in [6.45, 7) is 3.63. The summed E-state index contributed by atoms with van der Waals surface area (Å²) < 4.78 is 29.2. The number of carbonyl (C=O) groups is 2. The summed E-state index contributed by atoms with van der Waals surface area (Å²) in [5.41, 5.74) is 3.11. The quantitative estimate of drug-likeness (QED) is 0.478. The van der Waals surface area contributed by atoms with Crippen LogP contribution in [0.1, 0.15) is 41.1 Å². The molecule has 10 heteroatoms. The van der Waals surface area contributed by atoms with E-state index in [1.54, 1.807) is 55.5 Å².